The molecule has 0 atom stereocenters. The predicted molar refractivity (Wildman–Crippen MR) is 90.5 cm³/mol. The van der Waals surface area contributed by atoms with Crippen LogP contribution in [0.1, 0.15) is 21.5 Å². The van der Waals surface area contributed by atoms with Crippen molar-refractivity contribution in [2.24, 2.45) is 0 Å². The Hall–Kier alpha value is -3.39. The van der Waals surface area contributed by atoms with Gasteiger partial charge in [-0.05, 0) is 48.0 Å². The Morgan fingerprint density at radius 3 is 2.46 bits per heavy atom. The van der Waals surface area contributed by atoms with Gasteiger partial charge in [0.15, 0.2) is 0 Å². The molecule has 5 nitrogen and oxygen atoms in total. The molecule has 0 radical (unpaired) electrons. The van der Waals surface area contributed by atoms with Gasteiger partial charge in [0, 0.05) is 31.5 Å². The number of rotatable bonds is 4. The quantitative estimate of drug-likeness (QED) is 0.743. The average Bonchev–Trinajstić information content (AvgIpc) is 3.16. The summed E-state index contributed by atoms with van der Waals surface area (Å²) in [7, 11) is 1.77. The smallest absolute Gasteiger partial charge is 0.253 e. The van der Waals surface area contributed by atoms with Crippen LogP contribution in [-0.4, -0.2) is 27.6 Å². The fraction of sp³-hybridized carbons (Fsp3) is 0.105. The van der Waals surface area contributed by atoms with Gasteiger partial charge in [-0.2, -0.15) is 10.4 Å². The Balaban J connectivity index is 1.69. The lowest BCUT2D eigenvalue weighted by Crippen LogP contribution is -2.26. The zero-order valence-corrected chi connectivity index (χ0v) is 13.3. The van der Waals surface area contributed by atoms with E-state index in [0.717, 1.165) is 11.3 Å². The van der Waals surface area contributed by atoms with Crippen molar-refractivity contribution in [2.75, 3.05) is 7.05 Å². The van der Waals surface area contributed by atoms with Crippen molar-refractivity contribution in [3.05, 3.63) is 83.7 Å². The van der Waals surface area contributed by atoms with E-state index in [0.29, 0.717) is 17.7 Å². The lowest BCUT2D eigenvalue weighted by atomic mass is 10.1. The van der Waals surface area contributed by atoms with Gasteiger partial charge in [-0.25, -0.2) is 4.68 Å². The molecular weight excluding hydrogens is 300 g/mol. The summed E-state index contributed by atoms with van der Waals surface area (Å²) in [5.74, 6) is -0.0497. The first kappa shape index (κ1) is 15.5. The second-order valence-electron chi connectivity index (χ2n) is 5.47. The van der Waals surface area contributed by atoms with Crippen LogP contribution in [0.25, 0.3) is 5.69 Å². The van der Waals surface area contributed by atoms with Gasteiger partial charge < -0.3 is 4.90 Å². The molecule has 5 heteroatoms. The Morgan fingerprint density at radius 2 is 1.88 bits per heavy atom. The lowest BCUT2D eigenvalue weighted by Gasteiger charge is -2.17. The summed E-state index contributed by atoms with van der Waals surface area (Å²) in [4.78, 5) is 14.2. The van der Waals surface area contributed by atoms with Gasteiger partial charge in [-0.3, -0.25) is 4.79 Å². The number of hydrogen-bond donors (Lipinski definition) is 0. The molecule has 3 aromatic rings. The van der Waals surface area contributed by atoms with Gasteiger partial charge in [0.2, 0.25) is 0 Å². The molecule has 3 rings (SSSR count). The normalized spacial score (nSPS) is 10.2. The van der Waals surface area contributed by atoms with Crippen molar-refractivity contribution in [1.82, 2.24) is 14.7 Å². The molecule has 1 heterocycles. The topological polar surface area (TPSA) is 61.9 Å². The van der Waals surface area contributed by atoms with Crippen molar-refractivity contribution in [2.45, 2.75) is 6.54 Å². The molecule has 0 aliphatic heterocycles. The molecule has 118 valence electrons. The van der Waals surface area contributed by atoms with Crippen LogP contribution < -0.4 is 0 Å². The van der Waals surface area contributed by atoms with Gasteiger partial charge in [0.1, 0.15) is 0 Å². The second kappa shape index (κ2) is 6.80. The summed E-state index contributed by atoms with van der Waals surface area (Å²) in [5, 5.41) is 13.0. The van der Waals surface area contributed by atoms with E-state index in [1.165, 1.54) is 0 Å². The minimum atomic E-state index is -0.0497. The third kappa shape index (κ3) is 3.33. The van der Waals surface area contributed by atoms with E-state index in [1.807, 2.05) is 36.5 Å². The molecule has 0 spiro atoms. The van der Waals surface area contributed by atoms with Gasteiger partial charge in [-0.15, -0.1) is 0 Å². The number of nitrogens with zero attached hydrogens (tertiary/aromatic N) is 4. The van der Waals surface area contributed by atoms with Crippen molar-refractivity contribution in [3.8, 4) is 11.8 Å². The van der Waals surface area contributed by atoms with E-state index in [2.05, 4.69) is 11.2 Å². The second-order valence-corrected chi connectivity index (χ2v) is 5.47. The van der Waals surface area contributed by atoms with Crippen LogP contribution >= 0.6 is 0 Å². The Bertz CT molecular complexity index is 859. The molecule has 1 amide bonds. The number of carbonyl (C=O) groups is 1. The molecule has 0 saturated carbocycles. The molecule has 2 aromatic carbocycles. The first-order valence-corrected chi connectivity index (χ1v) is 7.52. The van der Waals surface area contributed by atoms with Gasteiger partial charge in [0.05, 0.1) is 17.3 Å². The maximum atomic E-state index is 12.5. The van der Waals surface area contributed by atoms with Crippen LogP contribution in [-0.2, 0) is 6.54 Å². The summed E-state index contributed by atoms with van der Waals surface area (Å²) >= 11 is 0. The highest BCUT2D eigenvalue weighted by Crippen LogP contribution is 2.12. The Morgan fingerprint density at radius 1 is 1.17 bits per heavy atom. The predicted octanol–water partition coefficient (Wildman–Crippen LogP) is 3.02. The SMILES string of the molecule is CN(Cc1ccc(C#N)cc1)C(=O)c1ccc(-n2cccn2)cc1. The molecule has 1 aromatic heterocycles. The van der Waals surface area contributed by atoms with Crippen LogP contribution in [0.15, 0.2) is 67.0 Å². The highest BCUT2D eigenvalue weighted by Gasteiger charge is 2.12. The Labute approximate surface area is 140 Å². The lowest BCUT2D eigenvalue weighted by molar-refractivity contribution is 0.0785. The van der Waals surface area contributed by atoms with Gasteiger partial charge >= 0.3 is 0 Å². The molecule has 0 fully saturated rings. The third-order valence-corrected chi connectivity index (χ3v) is 3.73. The van der Waals surface area contributed by atoms with Gasteiger partial charge in [0.25, 0.3) is 5.91 Å². The van der Waals surface area contributed by atoms with E-state index in [-0.39, 0.29) is 5.91 Å². The molecule has 0 unspecified atom stereocenters. The number of nitriles is 1. The van der Waals surface area contributed by atoms with E-state index >= 15 is 0 Å². The van der Waals surface area contributed by atoms with Crippen molar-refractivity contribution < 1.29 is 4.79 Å². The largest absolute Gasteiger partial charge is 0.337 e. The minimum absolute atomic E-state index is 0.0497. The summed E-state index contributed by atoms with van der Waals surface area (Å²) in [5.41, 5.74) is 3.13. The highest BCUT2D eigenvalue weighted by atomic mass is 16.2. The molecule has 24 heavy (non-hydrogen) atoms. The molecule has 0 N–H and O–H groups in total. The number of aromatic nitrogens is 2. The first-order valence-electron chi connectivity index (χ1n) is 7.52. The molecule has 0 bridgehead atoms. The highest BCUT2D eigenvalue weighted by molar-refractivity contribution is 5.94. The van der Waals surface area contributed by atoms with Gasteiger partial charge in [-0.1, -0.05) is 12.1 Å². The number of carbonyl (C=O) groups excluding carboxylic acids is 1. The van der Waals surface area contributed by atoms with Crippen LogP contribution in [0.3, 0.4) is 0 Å². The summed E-state index contributed by atoms with van der Waals surface area (Å²) < 4.78 is 1.74. The summed E-state index contributed by atoms with van der Waals surface area (Å²) in [6, 6.07) is 18.5. The van der Waals surface area contributed by atoms with Crippen LogP contribution in [0.4, 0.5) is 0 Å². The molecule has 0 aliphatic carbocycles. The van der Waals surface area contributed by atoms with Crippen LogP contribution in [0.2, 0.25) is 0 Å². The van der Waals surface area contributed by atoms with E-state index in [9.17, 15) is 4.79 Å². The fourth-order valence-corrected chi connectivity index (χ4v) is 2.43. The number of amides is 1. The first-order chi connectivity index (χ1) is 11.7. The monoisotopic (exact) mass is 316 g/mol. The molecule has 0 aliphatic rings. The summed E-state index contributed by atoms with van der Waals surface area (Å²) in [6.45, 7) is 0.492. The van der Waals surface area contributed by atoms with Crippen molar-refractivity contribution in [3.63, 3.8) is 0 Å². The van der Waals surface area contributed by atoms with E-state index in [1.54, 1.807) is 47.1 Å². The Kier molecular flexibility index (Phi) is 4.39. The maximum Gasteiger partial charge on any atom is 0.253 e. The zero-order valence-electron chi connectivity index (χ0n) is 13.3. The van der Waals surface area contributed by atoms with E-state index in [4.69, 9.17) is 5.26 Å². The third-order valence-electron chi connectivity index (χ3n) is 3.73. The van der Waals surface area contributed by atoms with Crippen molar-refractivity contribution >= 4 is 5.91 Å². The minimum Gasteiger partial charge on any atom is -0.337 e. The number of hydrogen-bond acceptors (Lipinski definition) is 3. The van der Waals surface area contributed by atoms with Crippen LogP contribution in [0.5, 0.6) is 0 Å². The molecular formula is C19H16N4O. The zero-order chi connectivity index (χ0) is 16.9. The average molecular weight is 316 g/mol. The standard InChI is InChI=1S/C19H16N4O/c1-22(14-16-5-3-15(13-20)4-6-16)19(24)17-7-9-18(10-8-17)23-12-2-11-21-23/h2-12H,14H2,1H3. The fourth-order valence-electron chi connectivity index (χ4n) is 2.43. The molecule has 0 saturated heterocycles. The number of benzene rings is 2. The maximum absolute atomic E-state index is 12.5. The summed E-state index contributed by atoms with van der Waals surface area (Å²) in [6.07, 6.45) is 3.57. The van der Waals surface area contributed by atoms with Crippen molar-refractivity contribution in [1.29, 1.82) is 5.26 Å². The van der Waals surface area contributed by atoms with E-state index < -0.39 is 0 Å². The van der Waals surface area contributed by atoms with Crippen LogP contribution in [0, 0.1) is 11.3 Å².